The Hall–Kier alpha value is -2.26. The Morgan fingerprint density at radius 2 is 1.98 bits per heavy atom. The largest absolute Gasteiger partial charge is 0.475 e. The first-order chi connectivity index (χ1) is 20.9. The molecule has 4 aliphatic heterocycles. The number of nitrogens with zero attached hydrogens (tertiary/aromatic N) is 6. The fourth-order valence-electron chi connectivity index (χ4n) is 5.36. The van der Waals surface area contributed by atoms with Gasteiger partial charge in [0, 0.05) is 19.1 Å². The lowest BCUT2D eigenvalue weighted by Gasteiger charge is -2.26. The van der Waals surface area contributed by atoms with Crippen molar-refractivity contribution in [2.24, 2.45) is 4.99 Å². The van der Waals surface area contributed by atoms with Crippen molar-refractivity contribution in [2.45, 2.75) is 55.9 Å². The Bertz CT molecular complexity index is 1770. The van der Waals surface area contributed by atoms with Crippen molar-refractivity contribution in [1.82, 2.24) is 29.1 Å². The lowest BCUT2D eigenvalue weighted by Crippen LogP contribution is -2.32. The summed E-state index contributed by atoms with van der Waals surface area (Å²) in [7, 11) is -3.94. The highest BCUT2D eigenvalue weighted by Crippen LogP contribution is 2.64. The summed E-state index contributed by atoms with van der Waals surface area (Å²) in [6, 6.07) is 0. The standard InChI is InChI=1S/C21H23FN8O10P2S2/c22-13-11-5-36-41(33,43)39-9-3-12(29-6-25-14-8(31)1-2-24-17(14)29)37-10(9)4-35-42(34,44)40-16(13)20(38-11)30-7-26-15-18(30)27-21(23)28-19(15)32/h2,6-7,9-13,16,20,33,43H,1,3-5H2,(H3-,23,27,28,32,34,44)/p+1/t9-,10+,11+,12+,13+,16+,20+,41?,42?/m0/s1. The van der Waals surface area contributed by atoms with E-state index in [2.05, 4.69) is 37.2 Å². The van der Waals surface area contributed by atoms with E-state index < -0.39 is 75.7 Å². The summed E-state index contributed by atoms with van der Waals surface area (Å²) >= 11 is 9.41. The summed E-state index contributed by atoms with van der Waals surface area (Å²) in [5.41, 5.74) is 5.09. The Balaban J connectivity index is 1.18. The highest BCUT2D eigenvalue weighted by molar-refractivity contribution is 8.47. The van der Waals surface area contributed by atoms with Gasteiger partial charge < -0.3 is 24.6 Å². The zero-order valence-electron chi connectivity index (χ0n) is 22.2. The van der Waals surface area contributed by atoms with Crippen LogP contribution in [0.2, 0.25) is 0 Å². The first-order valence-corrected chi connectivity index (χ1v) is 18.3. The fraction of sp³-hybridized carbons (Fsp3) is 0.524. The number of aromatic nitrogens is 6. The molecule has 3 saturated heterocycles. The van der Waals surface area contributed by atoms with E-state index in [1.165, 1.54) is 23.4 Å². The number of alkyl halides is 1. The van der Waals surface area contributed by atoms with Gasteiger partial charge in [-0.25, -0.2) is 19.4 Å². The number of nitrogen functional groups attached to an aromatic ring is 1. The lowest BCUT2D eigenvalue weighted by molar-refractivity contribution is -0.0601. The number of aromatic amines is 1. The zero-order chi connectivity index (χ0) is 31.0. The predicted molar refractivity (Wildman–Crippen MR) is 155 cm³/mol. The molecule has 7 heterocycles. The molecule has 3 aromatic heterocycles. The number of nitrogens with one attached hydrogen (secondary N) is 1. The van der Waals surface area contributed by atoms with Crippen molar-refractivity contribution >= 4 is 72.8 Å². The van der Waals surface area contributed by atoms with Crippen LogP contribution in [0, 0.1) is 0 Å². The molecule has 236 valence electrons. The van der Waals surface area contributed by atoms with Gasteiger partial charge in [-0.15, -0.1) is 0 Å². The number of anilines is 1. The molecule has 5 N–H and O–H groups in total. The molecule has 0 saturated carbocycles. The van der Waals surface area contributed by atoms with Crippen LogP contribution in [0.1, 0.15) is 35.8 Å². The van der Waals surface area contributed by atoms with Crippen LogP contribution in [0.4, 0.5) is 16.2 Å². The SMILES string of the molecule is Nc1nc2c(ncn2[C@@H]2O[C@@H]3CO[P+](O)(S)O[C@H]4C[C@H](n5cnc6c5N=CCC6=O)O[C@@H]4COP(O)(=S)O[C@@H]2[C@@H]3F)c(=O)[nH]1. The van der Waals surface area contributed by atoms with Crippen LogP contribution in [0.15, 0.2) is 22.4 Å². The van der Waals surface area contributed by atoms with Gasteiger partial charge in [-0.1, -0.05) is 0 Å². The summed E-state index contributed by atoms with van der Waals surface area (Å²) in [4.78, 5) is 65.4. The van der Waals surface area contributed by atoms with Crippen molar-refractivity contribution in [3.05, 3.63) is 28.7 Å². The maximum atomic E-state index is 15.8. The third-order valence-corrected chi connectivity index (χ3v) is 10.6. The number of carbonyl (C=O) groups is 1. The number of imidazole rings is 2. The topological polar surface area (TPSA) is 233 Å². The second-order valence-corrected chi connectivity index (χ2v) is 15.9. The average molecular weight is 694 g/mol. The molecular formula is C21H24FN8O10P2S2+. The van der Waals surface area contributed by atoms with E-state index in [1.54, 1.807) is 4.57 Å². The highest BCUT2D eigenvalue weighted by Gasteiger charge is 2.54. The average Bonchev–Trinajstić information content (AvgIpc) is 3.72. The van der Waals surface area contributed by atoms with Gasteiger partial charge in [0.2, 0.25) is 5.95 Å². The third kappa shape index (κ3) is 5.54. The summed E-state index contributed by atoms with van der Waals surface area (Å²) in [6.45, 7) is -5.19. The maximum Gasteiger partial charge on any atom is 0.475 e. The molecule has 3 fully saturated rings. The monoisotopic (exact) mass is 693 g/mol. The summed E-state index contributed by atoms with van der Waals surface area (Å²) in [5, 5.41) is 0. The van der Waals surface area contributed by atoms with Crippen LogP contribution in [0.3, 0.4) is 0 Å². The maximum absolute atomic E-state index is 15.8. The van der Waals surface area contributed by atoms with E-state index in [1.807, 2.05) is 0 Å². The van der Waals surface area contributed by atoms with Crippen LogP contribution in [0.25, 0.3) is 11.2 Å². The number of fused-ring (bicyclic) bond motifs is 5. The number of halogens is 1. The molecule has 23 heteroatoms. The van der Waals surface area contributed by atoms with Gasteiger partial charge in [0.05, 0.1) is 31.5 Å². The van der Waals surface area contributed by atoms with E-state index >= 15 is 4.39 Å². The van der Waals surface area contributed by atoms with Crippen molar-refractivity contribution in [3.8, 4) is 0 Å². The molecule has 9 atom stereocenters. The van der Waals surface area contributed by atoms with Gasteiger partial charge in [0.25, 0.3) is 5.56 Å². The fourth-order valence-corrected chi connectivity index (χ4v) is 8.30. The number of hydrogen-bond donors (Lipinski definition) is 5. The van der Waals surface area contributed by atoms with E-state index in [9.17, 15) is 19.4 Å². The van der Waals surface area contributed by atoms with Gasteiger partial charge in [0.15, 0.2) is 40.9 Å². The molecule has 0 radical (unpaired) electrons. The van der Waals surface area contributed by atoms with Crippen LogP contribution in [-0.2, 0) is 39.4 Å². The molecule has 2 bridgehead atoms. The quantitative estimate of drug-likeness (QED) is 0.186. The number of Topliss-reactive ketones (excluding diaryl/α,β-unsaturated/α-hetero) is 1. The first kappa shape index (κ1) is 30.4. The highest BCUT2D eigenvalue weighted by atomic mass is 32.7. The summed E-state index contributed by atoms with van der Waals surface area (Å²) < 4.78 is 53.2. The smallest absolute Gasteiger partial charge is 0.369 e. The van der Waals surface area contributed by atoms with Crippen LogP contribution < -0.4 is 11.3 Å². The van der Waals surface area contributed by atoms with Crippen molar-refractivity contribution in [2.75, 3.05) is 18.9 Å². The summed E-state index contributed by atoms with van der Waals surface area (Å²) in [5.74, 6) is -0.134. The Morgan fingerprint density at radius 3 is 2.80 bits per heavy atom. The number of H-pyrrole nitrogens is 1. The van der Waals surface area contributed by atoms with Gasteiger partial charge in [-0.2, -0.15) is 18.9 Å². The second kappa shape index (κ2) is 11.2. The second-order valence-electron chi connectivity index (χ2n) is 10.2. The number of hydrogen-bond acceptors (Lipinski definition) is 16. The molecule has 2 unspecified atom stereocenters. The van der Waals surface area contributed by atoms with Crippen molar-refractivity contribution in [3.63, 3.8) is 0 Å². The van der Waals surface area contributed by atoms with Crippen LogP contribution in [-0.4, -0.2) is 94.7 Å². The van der Waals surface area contributed by atoms with E-state index in [4.69, 9.17) is 45.1 Å². The Labute approximate surface area is 256 Å². The van der Waals surface area contributed by atoms with Crippen molar-refractivity contribution in [1.29, 1.82) is 0 Å². The normalized spacial score (nSPS) is 37.7. The van der Waals surface area contributed by atoms with Gasteiger partial charge in [-0.3, -0.25) is 28.2 Å². The number of carbonyl (C=O) groups excluding carboxylic acids is 1. The number of thiol groups is 1. The molecule has 0 aliphatic carbocycles. The number of rotatable bonds is 2. The number of aliphatic imine (C=N–C) groups is 1. The van der Waals surface area contributed by atoms with Crippen molar-refractivity contribution < 1.29 is 46.5 Å². The number of ether oxygens (including phenoxy) is 2. The minimum Gasteiger partial charge on any atom is -0.369 e. The van der Waals surface area contributed by atoms with Crippen LogP contribution >= 0.6 is 26.1 Å². The van der Waals surface area contributed by atoms with Gasteiger partial charge in [-0.05, 0) is 11.8 Å². The first-order valence-electron chi connectivity index (χ1n) is 13.0. The van der Waals surface area contributed by atoms with E-state index in [0.717, 1.165) is 0 Å². The van der Waals surface area contributed by atoms with Crippen LogP contribution in [0.5, 0.6) is 0 Å². The minimum atomic E-state index is -4.21. The Kier molecular flexibility index (Phi) is 7.75. The molecular weight excluding hydrogens is 669 g/mol. The molecule has 3 aromatic rings. The molecule has 18 nitrogen and oxygen atoms in total. The van der Waals surface area contributed by atoms with Gasteiger partial charge >= 0.3 is 13.9 Å². The van der Waals surface area contributed by atoms with E-state index in [0.29, 0.717) is 5.82 Å². The molecule has 0 aromatic carbocycles. The molecule has 7 rings (SSSR count). The summed E-state index contributed by atoms with van der Waals surface area (Å²) in [6.07, 6.45) is -4.76. The Morgan fingerprint density at radius 1 is 1.18 bits per heavy atom. The molecule has 0 amide bonds. The zero-order valence-corrected chi connectivity index (χ0v) is 25.7. The minimum absolute atomic E-state index is 0.0469. The number of ketones is 1. The predicted octanol–water partition coefficient (Wildman–Crippen LogP) is 1.04. The van der Waals surface area contributed by atoms with Gasteiger partial charge in [0.1, 0.15) is 37.3 Å². The molecule has 0 spiro atoms. The molecule has 44 heavy (non-hydrogen) atoms. The number of nitrogens with two attached hydrogens (primary N) is 1. The molecule has 4 aliphatic rings. The third-order valence-electron chi connectivity index (χ3n) is 7.34. The van der Waals surface area contributed by atoms with E-state index in [-0.39, 0.29) is 41.4 Å². The lowest BCUT2D eigenvalue weighted by atomic mass is 10.1.